The molecule has 0 saturated heterocycles. The predicted molar refractivity (Wildman–Crippen MR) is 142 cm³/mol. The number of aromatic nitrogens is 3. The van der Waals surface area contributed by atoms with Gasteiger partial charge in [-0.3, -0.25) is 4.79 Å². The summed E-state index contributed by atoms with van der Waals surface area (Å²) in [5.41, 5.74) is 10.4. The van der Waals surface area contributed by atoms with Crippen molar-refractivity contribution in [3.63, 3.8) is 0 Å². The molecule has 6 aromatic rings. The molecule has 6 rings (SSSR count). The van der Waals surface area contributed by atoms with Crippen molar-refractivity contribution in [2.24, 2.45) is 0 Å². The number of thiazole rings is 1. The van der Waals surface area contributed by atoms with Gasteiger partial charge in [-0.1, -0.05) is 64.5 Å². The van der Waals surface area contributed by atoms with Gasteiger partial charge in [-0.2, -0.15) is 5.10 Å². The van der Waals surface area contributed by atoms with Gasteiger partial charge in [0, 0.05) is 20.8 Å². The van der Waals surface area contributed by atoms with Gasteiger partial charge < -0.3 is 10.2 Å². The van der Waals surface area contributed by atoms with E-state index in [-0.39, 0.29) is 11.5 Å². The molecule has 0 aliphatic heterocycles. The fourth-order valence-electron chi connectivity index (χ4n) is 3.92. The standard InChI is InChI=1S/C27H17BrN4O2S/c28-18-11-12-21-17(13-18)14-22(34-21)20-15-35-27(30-20)24-23(29)25(26(33)16-7-3-1-4-8-16)32(31-24)19-9-5-2-6-10-19/h1-15H,29H2. The Labute approximate surface area is 212 Å². The van der Waals surface area contributed by atoms with Crippen molar-refractivity contribution in [2.45, 2.75) is 0 Å². The number of nitrogen functional groups attached to an aromatic ring is 1. The van der Waals surface area contributed by atoms with Crippen molar-refractivity contribution in [3.05, 3.63) is 106 Å². The number of nitrogens with two attached hydrogens (primary N) is 1. The van der Waals surface area contributed by atoms with Gasteiger partial charge in [0.2, 0.25) is 5.78 Å². The van der Waals surface area contributed by atoms with Crippen LogP contribution in [0.15, 0.2) is 99.2 Å². The lowest BCUT2D eigenvalue weighted by molar-refractivity contribution is 0.103. The third-order valence-electron chi connectivity index (χ3n) is 5.61. The van der Waals surface area contributed by atoms with Gasteiger partial charge in [-0.25, -0.2) is 9.67 Å². The van der Waals surface area contributed by atoms with Crippen molar-refractivity contribution in [1.82, 2.24) is 14.8 Å². The van der Waals surface area contributed by atoms with Gasteiger partial charge in [0.15, 0.2) is 5.76 Å². The van der Waals surface area contributed by atoms with E-state index in [9.17, 15) is 4.79 Å². The highest BCUT2D eigenvalue weighted by molar-refractivity contribution is 9.10. The zero-order valence-corrected chi connectivity index (χ0v) is 20.6. The molecule has 0 spiro atoms. The van der Waals surface area contributed by atoms with Crippen LogP contribution in [0.4, 0.5) is 5.69 Å². The number of carbonyl (C=O) groups is 1. The summed E-state index contributed by atoms with van der Waals surface area (Å²) < 4.78 is 8.57. The zero-order chi connectivity index (χ0) is 23.9. The lowest BCUT2D eigenvalue weighted by atomic mass is 10.1. The smallest absolute Gasteiger partial charge is 0.213 e. The molecule has 0 saturated carbocycles. The van der Waals surface area contributed by atoms with Gasteiger partial charge in [-0.05, 0) is 36.4 Å². The predicted octanol–water partition coefficient (Wildman–Crippen LogP) is 6.98. The SMILES string of the molecule is Nc1c(-c2nc(-c3cc4cc(Br)ccc4o3)cs2)nn(-c2ccccc2)c1C(=O)c1ccccc1. The Morgan fingerprint density at radius 1 is 0.971 bits per heavy atom. The highest BCUT2D eigenvalue weighted by Gasteiger charge is 2.26. The Balaban J connectivity index is 1.46. The van der Waals surface area contributed by atoms with Crippen LogP contribution < -0.4 is 5.73 Å². The van der Waals surface area contributed by atoms with Crippen LogP contribution in [0.3, 0.4) is 0 Å². The summed E-state index contributed by atoms with van der Waals surface area (Å²) in [6.45, 7) is 0. The average molecular weight is 541 g/mol. The number of nitrogens with zero attached hydrogens (tertiary/aromatic N) is 3. The Bertz CT molecular complexity index is 1690. The van der Waals surface area contributed by atoms with Gasteiger partial charge in [0.25, 0.3) is 0 Å². The van der Waals surface area contributed by atoms with Crippen molar-refractivity contribution in [3.8, 4) is 27.8 Å². The van der Waals surface area contributed by atoms with E-state index in [1.807, 2.05) is 78.2 Å². The number of ketones is 1. The molecule has 0 atom stereocenters. The normalized spacial score (nSPS) is 11.2. The molecule has 8 heteroatoms. The molecule has 0 amide bonds. The average Bonchev–Trinajstić information content (AvgIpc) is 3.61. The number of para-hydroxylation sites is 1. The quantitative estimate of drug-likeness (QED) is 0.238. The van der Waals surface area contributed by atoms with Gasteiger partial charge >= 0.3 is 0 Å². The maximum atomic E-state index is 13.5. The van der Waals surface area contributed by atoms with Crippen LogP contribution in [0, 0.1) is 0 Å². The fraction of sp³-hybridized carbons (Fsp3) is 0. The van der Waals surface area contributed by atoms with Crippen LogP contribution in [0.1, 0.15) is 16.1 Å². The molecular formula is C27H17BrN4O2S. The first-order chi connectivity index (χ1) is 17.1. The molecule has 3 heterocycles. The molecule has 0 bridgehead atoms. The third kappa shape index (κ3) is 3.86. The Morgan fingerprint density at radius 3 is 2.49 bits per heavy atom. The second-order valence-electron chi connectivity index (χ2n) is 7.88. The topological polar surface area (TPSA) is 86.9 Å². The lowest BCUT2D eigenvalue weighted by Crippen LogP contribution is -2.11. The van der Waals surface area contributed by atoms with Gasteiger partial charge in [0.1, 0.15) is 27.7 Å². The lowest BCUT2D eigenvalue weighted by Gasteiger charge is -2.07. The summed E-state index contributed by atoms with van der Waals surface area (Å²) in [6, 6.07) is 26.3. The van der Waals surface area contributed by atoms with E-state index in [0.29, 0.717) is 33.4 Å². The van der Waals surface area contributed by atoms with E-state index < -0.39 is 0 Å². The first-order valence-corrected chi connectivity index (χ1v) is 12.4. The molecule has 6 nitrogen and oxygen atoms in total. The van der Waals surface area contributed by atoms with E-state index in [2.05, 4.69) is 15.9 Å². The highest BCUT2D eigenvalue weighted by Crippen LogP contribution is 2.36. The number of rotatable bonds is 5. The van der Waals surface area contributed by atoms with Crippen LogP contribution in [0.25, 0.3) is 38.8 Å². The van der Waals surface area contributed by atoms with E-state index in [1.54, 1.807) is 16.8 Å². The zero-order valence-electron chi connectivity index (χ0n) is 18.2. The van der Waals surface area contributed by atoms with Crippen molar-refractivity contribution in [2.75, 3.05) is 5.73 Å². The summed E-state index contributed by atoms with van der Waals surface area (Å²) in [5.74, 6) is 0.451. The maximum Gasteiger partial charge on any atom is 0.213 e. The first kappa shape index (κ1) is 21.5. The van der Waals surface area contributed by atoms with Crippen LogP contribution >= 0.6 is 27.3 Å². The summed E-state index contributed by atoms with van der Waals surface area (Å²) in [5, 5.41) is 8.23. The van der Waals surface area contributed by atoms with E-state index >= 15 is 0 Å². The number of halogens is 1. The Kier molecular flexibility index (Phi) is 5.32. The molecule has 3 aromatic carbocycles. The Hall–Kier alpha value is -4.01. The Morgan fingerprint density at radius 2 is 1.71 bits per heavy atom. The fourth-order valence-corrected chi connectivity index (χ4v) is 5.11. The summed E-state index contributed by atoms with van der Waals surface area (Å²) in [4.78, 5) is 18.2. The molecule has 0 aliphatic rings. The van der Waals surface area contributed by atoms with Crippen molar-refractivity contribution < 1.29 is 9.21 Å². The molecule has 170 valence electrons. The molecule has 0 unspecified atom stereocenters. The minimum Gasteiger partial charge on any atom is -0.454 e. The summed E-state index contributed by atoms with van der Waals surface area (Å²) in [7, 11) is 0. The van der Waals surface area contributed by atoms with E-state index in [1.165, 1.54) is 11.3 Å². The van der Waals surface area contributed by atoms with Crippen LogP contribution in [0.5, 0.6) is 0 Å². The number of carbonyl (C=O) groups excluding carboxylic acids is 1. The van der Waals surface area contributed by atoms with Gasteiger partial charge in [-0.15, -0.1) is 11.3 Å². The molecule has 35 heavy (non-hydrogen) atoms. The molecular weight excluding hydrogens is 524 g/mol. The van der Waals surface area contributed by atoms with Crippen LogP contribution in [-0.4, -0.2) is 20.5 Å². The minimum absolute atomic E-state index is 0.203. The van der Waals surface area contributed by atoms with E-state index in [0.717, 1.165) is 21.1 Å². The minimum atomic E-state index is -0.203. The number of hydrogen-bond donors (Lipinski definition) is 1. The highest BCUT2D eigenvalue weighted by atomic mass is 79.9. The number of hydrogen-bond acceptors (Lipinski definition) is 6. The number of furan rings is 1. The maximum absolute atomic E-state index is 13.5. The van der Waals surface area contributed by atoms with E-state index in [4.69, 9.17) is 20.2 Å². The van der Waals surface area contributed by atoms with Crippen LogP contribution in [0.2, 0.25) is 0 Å². The summed E-state index contributed by atoms with van der Waals surface area (Å²) >= 11 is 4.89. The second-order valence-corrected chi connectivity index (χ2v) is 9.66. The van der Waals surface area contributed by atoms with Crippen molar-refractivity contribution in [1.29, 1.82) is 0 Å². The van der Waals surface area contributed by atoms with Crippen molar-refractivity contribution >= 4 is 49.7 Å². The molecule has 2 N–H and O–H groups in total. The molecule has 0 radical (unpaired) electrons. The first-order valence-electron chi connectivity index (χ1n) is 10.8. The molecule has 3 aromatic heterocycles. The number of fused-ring (bicyclic) bond motifs is 1. The number of anilines is 1. The molecule has 0 aliphatic carbocycles. The summed E-state index contributed by atoms with van der Waals surface area (Å²) in [6.07, 6.45) is 0. The third-order valence-corrected chi connectivity index (χ3v) is 6.95. The number of benzene rings is 3. The monoisotopic (exact) mass is 540 g/mol. The largest absolute Gasteiger partial charge is 0.454 e. The molecule has 0 fully saturated rings. The second kappa shape index (κ2) is 8.65. The van der Waals surface area contributed by atoms with Gasteiger partial charge in [0.05, 0.1) is 11.4 Å². The van der Waals surface area contributed by atoms with Crippen LogP contribution in [-0.2, 0) is 0 Å².